The van der Waals surface area contributed by atoms with Crippen LogP contribution in [0.15, 0.2) is 53.7 Å². The maximum atomic E-state index is 5.85. The van der Waals surface area contributed by atoms with E-state index < -0.39 is 0 Å². The minimum atomic E-state index is 0.313. The fraction of sp³-hybridized carbons (Fsp3) is 0.500. The topological polar surface area (TPSA) is 52.4 Å². The number of aromatic nitrogens is 3. The summed E-state index contributed by atoms with van der Waals surface area (Å²) in [6.07, 6.45) is 5.87. The number of ether oxygens (including phenoxy) is 2. The Kier molecular flexibility index (Phi) is 8.06. The molecule has 2 fully saturated rings. The van der Waals surface area contributed by atoms with E-state index in [4.69, 9.17) is 14.6 Å². The first-order valence-corrected chi connectivity index (χ1v) is 13.9. The highest BCUT2D eigenvalue weighted by atomic mass is 32.2. The molecular weight excluding hydrogens is 456 g/mol. The number of benzene rings is 2. The Hall–Kier alpha value is -2.35. The van der Waals surface area contributed by atoms with Crippen LogP contribution in [-0.4, -0.2) is 58.3 Å². The van der Waals surface area contributed by atoms with Gasteiger partial charge in [-0.25, -0.2) is 0 Å². The molecule has 2 aliphatic heterocycles. The molecular formula is C28H36N4O2S. The number of hydrogen-bond acceptors (Lipinski definition) is 6. The molecule has 35 heavy (non-hydrogen) atoms. The molecule has 0 spiro atoms. The highest BCUT2D eigenvalue weighted by Gasteiger charge is 2.28. The molecule has 2 aromatic carbocycles. The van der Waals surface area contributed by atoms with Crippen molar-refractivity contribution in [1.82, 2.24) is 19.7 Å². The zero-order chi connectivity index (χ0) is 24.0. The Bertz CT molecular complexity index is 1090. The second-order valence-electron chi connectivity index (χ2n) is 9.54. The number of thioether (sulfide) groups is 1. The van der Waals surface area contributed by atoms with Gasteiger partial charge in [0.2, 0.25) is 0 Å². The summed E-state index contributed by atoms with van der Waals surface area (Å²) in [7, 11) is 1.71. The van der Waals surface area contributed by atoms with Gasteiger partial charge in [0, 0.05) is 30.9 Å². The Balaban J connectivity index is 1.31. The quantitative estimate of drug-likeness (QED) is 0.368. The van der Waals surface area contributed by atoms with Gasteiger partial charge in [-0.1, -0.05) is 49.0 Å². The van der Waals surface area contributed by atoms with Crippen molar-refractivity contribution in [3.8, 4) is 11.4 Å². The van der Waals surface area contributed by atoms with Crippen molar-refractivity contribution in [1.29, 1.82) is 0 Å². The first-order chi connectivity index (χ1) is 17.2. The molecule has 7 heteroatoms. The lowest BCUT2D eigenvalue weighted by atomic mass is 9.95. The number of methoxy groups -OCH3 is 1. The van der Waals surface area contributed by atoms with Gasteiger partial charge in [-0.3, -0.25) is 9.47 Å². The van der Waals surface area contributed by atoms with Gasteiger partial charge in [-0.15, -0.1) is 10.2 Å². The molecule has 3 aromatic rings. The van der Waals surface area contributed by atoms with Gasteiger partial charge in [0.05, 0.1) is 18.9 Å². The van der Waals surface area contributed by atoms with Gasteiger partial charge in [0.1, 0.15) is 11.6 Å². The van der Waals surface area contributed by atoms with Crippen molar-refractivity contribution in [2.24, 2.45) is 0 Å². The molecule has 5 rings (SSSR count). The number of hydrogen-bond donors (Lipinski definition) is 0. The van der Waals surface area contributed by atoms with Crippen LogP contribution in [0.2, 0.25) is 0 Å². The monoisotopic (exact) mass is 492 g/mol. The number of likely N-dealkylation sites (tertiary alicyclic amines) is 1. The number of nitrogens with zero attached hydrogens (tertiary/aromatic N) is 4. The molecule has 6 nitrogen and oxygen atoms in total. The van der Waals surface area contributed by atoms with E-state index in [0.29, 0.717) is 12.0 Å². The van der Waals surface area contributed by atoms with Gasteiger partial charge in [0.15, 0.2) is 5.16 Å². The summed E-state index contributed by atoms with van der Waals surface area (Å²) in [5, 5.41) is 10.3. The molecule has 1 atom stereocenters. The summed E-state index contributed by atoms with van der Waals surface area (Å²) >= 11 is 1.76. The SMILES string of the molecule is CCc1ccc(CN2CCC(c3nnc(SCC4CCCO4)n3-c3cccc(OC)c3)CC2)cc1. The molecule has 2 aliphatic rings. The van der Waals surface area contributed by atoms with Crippen LogP contribution in [0.25, 0.3) is 5.69 Å². The van der Waals surface area contributed by atoms with Crippen molar-refractivity contribution in [2.75, 3.05) is 32.6 Å². The van der Waals surface area contributed by atoms with E-state index in [0.717, 1.165) is 86.5 Å². The van der Waals surface area contributed by atoms with Crippen LogP contribution in [0, 0.1) is 0 Å². The van der Waals surface area contributed by atoms with Crippen molar-refractivity contribution < 1.29 is 9.47 Å². The normalized spacial score (nSPS) is 19.3. The van der Waals surface area contributed by atoms with E-state index in [1.807, 2.05) is 12.1 Å². The fourth-order valence-corrected chi connectivity index (χ4v) is 6.09. The van der Waals surface area contributed by atoms with E-state index in [2.05, 4.69) is 57.9 Å². The van der Waals surface area contributed by atoms with Gasteiger partial charge in [-0.05, 0) is 68.5 Å². The minimum Gasteiger partial charge on any atom is -0.497 e. The molecule has 0 radical (unpaired) electrons. The van der Waals surface area contributed by atoms with E-state index in [1.165, 1.54) is 11.1 Å². The highest BCUT2D eigenvalue weighted by molar-refractivity contribution is 7.99. The van der Waals surface area contributed by atoms with Crippen molar-refractivity contribution >= 4 is 11.8 Å². The molecule has 0 N–H and O–H groups in total. The summed E-state index contributed by atoms with van der Waals surface area (Å²) < 4.78 is 13.6. The largest absolute Gasteiger partial charge is 0.497 e. The van der Waals surface area contributed by atoms with Crippen molar-refractivity contribution in [3.63, 3.8) is 0 Å². The first-order valence-electron chi connectivity index (χ1n) is 12.9. The van der Waals surface area contributed by atoms with Crippen LogP contribution >= 0.6 is 11.8 Å². The smallest absolute Gasteiger partial charge is 0.195 e. The molecule has 1 unspecified atom stereocenters. The third kappa shape index (κ3) is 5.90. The number of aryl methyl sites for hydroxylation is 1. The lowest BCUT2D eigenvalue weighted by Crippen LogP contribution is -2.33. The molecule has 0 aliphatic carbocycles. The van der Waals surface area contributed by atoms with Gasteiger partial charge in [-0.2, -0.15) is 0 Å². The predicted molar refractivity (Wildman–Crippen MR) is 141 cm³/mol. The van der Waals surface area contributed by atoms with E-state index in [1.54, 1.807) is 18.9 Å². The average molecular weight is 493 g/mol. The average Bonchev–Trinajstić information content (AvgIpc) is 3.58. The van der Waals surface area contributed by atoms with Crippen LogP contribution in [0.5, 0.6) is 5.75 Å². The van der Waals surface area contributed by atoms with Crippen LogP contribution < -0.4 is 4.74 Å². The maximum Gasteiger partial charge on any atom is 0.195 e. The second-order valence-corrected chi connectivity index (χ2v) is 10.5. The molecule has 186 valence electrons. The predicted octanol–water partition coefficient (Wildman–Crippen LogP) is 5.49. The van der Waals surface area contributed by atoms with Crippen molar-refractivity contribution in [2.45, 2.75) is 62.8 Å². The number of rotatable bonds is 9. The summed E-state index contributed by atoms with van der Waals surface area (Å²) in [5.41, 5.74) is 3.86. The van der Waals surface area contributed by atoms with Gasteiger partial charge in [0.25, 0.3) is 0 Å². The molecule has 2 saturated heterocycles. The summed E-state index contributed by atoms with van der Waals surface area (Å²) in [6, 6.07) is 17.3. The Morgan fingerprint density at radius 3 is 2.54 bits per heavy atom. The second kappa shape index (κ2) is 11.6. The lowest BCUT2D eigenvalue weighted by molar-refractivity contribution is 0.129. The number of piperidine rings is 1. The Morgan fingerprint density at radius 2 is 1.83 bits per heavy atom. The van der Waals surface area contributed by atoms with Crippen LogP contribution in [0.4, 0.5) is 0 Å². The zero-order valence-electron chi connectivity index (χ0n) is 20.9. The lowest BCUT2D eigenvalue weighted by Gasteiger charge is -2.31. The molecule has 3 heterocycles. The Labute approximate surface area is 213 Å². The highest BCUT2D eigenvalue weighted by Crippen LogP contribution is 2.34. The Morgan fingerprint density at radius 1 is 1.03 bits per heavy atom. The van der Waals surface area contributed by atoms with Crippen LogP contribution in [0.1, 0.15) is 55.5 Å². The third-order valence-corrected chi connectivity index (χ3v) is 8.24. The van der Waals surface area contributed by atoms with Crippen molar-refractivity contribution in [3.05, 3.63) is 65.5 Å². The van der Waals surface area contributed by atoms with E-state index >= 15 is 0 Å². The summed E-state index contributed by atoms with van der Waals surface area (Å²) in [4.78, 5) is 2.57. The molecule has 0 saturated carbocycles. The standard InChI is InChI=1S/C28H36N4O2S/c1-3-21-9-11-22(12-10-21)19-31-15-13-23(14-16-31)27-29-30-28(35-20-26-8-5-17-34-26)32(27)24-6-4-7-25(18-24)33-2/h4,6-7,9-12,18,23,26H,3,5,8,13-17,19-20H2,1-2H3. The van der Waals surface area contributed by atoms with Crippen LogP contribution in [-0.2, 0) is 17.7 Å². The zero-order valence-corrected chi connectivity index (χ0v) is 21.7. The molecule has 1 aromatic heterocycles. The third-order valence-electron chi connectivity index (χ3n) is 7.18. The fourth-order valence-electron chi connectivity index (χ4n) is 5.06. The van der Waals surface area contributed by atoms with E-state index in [9.17, 15) is 0 Å². The van der Waals surface area contributed by atoms with E-state index in [-0.39, 0.29) is 0 Å². The summed E-state index contributed by atoms with van der Waals surface area (Å²) in [5.74, 6) is 3.22. The maximum absolute atomic E-state index is 5.85. The summed E-state index contributed by atoms with van der Waals surface area (Å²) in [6.45, 7) is 6.24. The first kappa shape index (κ1) is 24.3. The van der Waals surface area contributed by atoms with Gasteiger partial charge >= 0.3 is 0 Å². The molecule has 0 bridgehead atoms. The molecule has 0 amide bonds. The van der Waals surface area contributed by atoms with Crippen LogP contribution in [0.3, 0.4) is 0 Å². The van der Waals surface area contributed by atoms with Gasteiger partial charge < -0.3 is 9.47 Å². The minimum absolute atomic E-state index is 0.313.